The fourth-order valence-electron chi connectivity index (χ4n) is 3.28. The molecule has 3 rings (SSSR count). The second kappa shape index (κ2) is 3.60. The largest absolute Gasteiger partial charge is 0.382 e. The highest BCUT2D eigenvalue weighted by molar-refractivity contribution is 6.32. The van der Waals surface area contributed by atoms with Crippen molar-refractivity contribution in [1.82, 2.24) is 0 Å². The van der Waals surface area contributed by atoms with Crippen LogP contribution in [0.1, 0.15) is 38.2 Å². The van der Waals surface area contributed by atoms with E-state index in [1.165, 1.54) is 0 Å². The molecular formula is C14H17BO2. The standard InChI is InChI=1S/C14H17BO2/c1-13(16,10-2-4-11(15)5-3-10)14-8-6-12(17-14)7-9-14/h2-5,12,16H,6-9H2,1H3. The van der Waals surface area contributed by atoms with Gasteiger partial charge in [-0.1, -0.05) is 29.7 Å². The smallest absolute Gasteiger partial charge is 0.116 e. The van der Waals surface area contributed by atoms with Crippen LogP contribution in [0.2, 0.25) is 0 Å². The maximum atomic E-state index is 10.9. The van der Waals surface area contributed by atoms with Gasteiger partial charge in [-0.15, -0.1) is 0 Å². The topological polar surface area (TPSA) is 29.5 Å². The third kappa shape index (κ3) is 1.56. The average Bonchev–Trinajstić information content (AvgIpc) is 2.91. The van der Waals surface area contributed by atoms with Gasteiger partial charge in [0.25, 0.3) is 0 Å². The molecular weight excluding hydrogens is 211 g/mol. The SMILES string of the molecule is [B]c1ccc(C(C)(O)C23CCC(CC2)O3)cc1. The lowest BCUT2D eigenvalue weighted by atomic mass is 9.72. The molecule has 0 saturated carbocycles. The highest BCUT2D eigenvalue weighted by Crippen LogP contribution is 2.53. The minimum atomic E-state index is -0.925. The van der Waals surface area contributed by atoms with Crippen LogP contribution in [-0.2, 0) is 10.3 Å². The molecule has 1 aromatic carbocycles. The van der Waals surface area contributed by atoms with Crippen LogP contribution in [0.4, 0.5) is 0 Å². The molecule has 2 nitrogen and oxygen atoms in total. The second-order valence-corrected chi connectivity index (χ2v) is 5.51. The van der Waals surface area contributed by atoms with Gasteiger partial charge < -0.3 is 9.84 Å². The lowest BCUT2D eigenvalue weighted by molar-refractivity contribution is -0.146. The van der Waals surface area contributed by atoms with E-state index in [1.54, 1.807) is 0 Å². The number of hydrogen-bond acceptors (Lipinski definition) is 2. The molecule has 2 radical (unpaired) electrons. The number of hydrogen-bond donors (Lipinski definition) is 1. The van der Waals surface area contributed by atoms with Gasteiger partial charge in [0.2, 0.25) is 0 Å². The highest BCUT2D eigenvalue weighted by Gasteiger charge is 2.57. The van der Waals surface area contributed by atoms with Crippen molar-refractivity contribution >= 4 is 13.3 Å². The molecule has 17 heavy (non-hydrogen) atoms. The van der Waals surface area contributed by atoms with E-state index in [4.69, 9.17) is 12.6 Å². The summed E-state index contributed by atoms with van der Waals surface area (Å²) in [6.07, 6.45) is 4.41. The predicted octanol–water partition coefficient (Wildman–Crippen LogP) is 1.40. The van der Waals surface area contributed by atoms with E-state index in [2.05, 4.69) is 0 Å². The fraction of sp³-hybridized carbons (Fsp3) is 0.571. The van der Waals surface area contributed by atoms with Gasteiger partial charge in [-0.2, -0.15) is 0 Å². The Morgan fingerprint density at radius 2 is 1.88 bits per heavy atom. The van der Waals surface area contributed by atoms with Crippen LogP contribution in [-0.4, -0.2) is 24.7 Å². The van der Waals surface area contributed by atoms with Gasteiger partial charge in [0.1, 0.15) is 19.0 Å². The van der Waals surface area contributed by atoms with Crippen molar-refractivity contribution in [2.75, 3.05) is 0 Å². The summed E-state index contributed by atoms with van der Waals surface area (Å²) in [4.78, 5) is 0. The average molecular weight is 228 g/mol. The molecule has 88 valence electrons. The number of rotatable bonds is 2. The van der Waals surface area contributed by atoms with E-state index in [9.17, 15) is 5.11 Å². The van der Waals surface area contributed by atoms with Crippen molar-refractivity contribution in [3.63, 3.8) is 0 Å². The first kappa shape index (κ1) is 11.3. The van der Waals surface area contributed by atoms with Crippen molar-refractivity contribution in [2.24, 2.45) is 0 Å². The molecule has 2 aliphatic rings. The van der Waals surface area contributed by atoms with Crippen molar-refractivity contribution in [3.05, 3.63) is 29.8 Å². The van der Waals surface area contributed by atoms with Gasteiger partial charge in [0.15, 0.2) is 0 Å². The Morgan fingerprint density at radius 1 is 1.29 bits per heavy atom. The number of fused-ring (bicyclic) bond motifs is 2. The summed E-state index contributed by atoms with van der Waals surface area (Å²) in [5.41, 5.74) is 0.313. The molecule has 1 unspecified atom stereocenters. The highest BCUT2D eigenvalue weighted by atomic mass is 16.5. The Hall–Kier alpha value is -0.795. The summed E-state index contributed by atoms with van der Waals surface area (Å²) >= 11 is 0. The molecule has 2 fully saturated rings. The number of ether oxygens (including phenoxy) is 1. The van der Waals surface area contributed by atoms with Crippen LogP contribution in [0.25, 0.3) is 0 Å². The molecule has 0 aliphatic carbocycles. The van der Waals surface area contributed by atoms with Crippen LogP contribution >= 0.6 is 0 Å². The second-order valence-electron chi connectivity index (χ2n) is 5.51. The minimum Gasteiger partial charge on any atom is -0.382 e. The minimum absolute atomic E-state index is 0.357. The number of benzene rings is 1. The molecule has 2 heterocycles. The first-order valence-corrected chi connectivity index (χ1v) is 6.30. The number of aliphatic hydroxyl groups is 1. The van der Waals surface area contributed by atoms with Gasteiger partial charge >= 0.3 is 0 Å². The molecule has 2 aliphatic heterocycles. The van der Waals surface area contributed by atoms with Crippen LogP contribution in [0.5, 0.6) is 0 Å². The van der Waals surface area contributed by atoms with Gasteiger partial charge in [0, 0.05) is 0 Å². The summed E-state index contributed by atoms with van der Waals surface area (Å²) < 4.78 is 6.03. The van der Waals surface area contributed by atoms with E-state index in [1.807, 2.05) is 31.2 Å². The third-order valence-corrected chi connectivity index (χ3v) is 4.49. The van der Waals surface area contributed by atoms with Crippen LogP contribution < -0.4 is 5.46 Å². The zero-order valence-electron chi connectivity index (χ0n) is 10.1. The van der Waals surface area contributed by atoms with Crippen molar-refractivity contribution in [2.45, 2.75) is 49.9 Å². The molecule has 1 aromatic rings. The Kier molecular flexibility index (Phi) is 2.39. The zero-order valence-corrected chi connectivity index (χ0v) is 10.1. The van der Waals surface area contributed by atoms with E-state index in [0.717, 1.165) is 36.7 Å². The van der Waals surface area contributed by atoms with Gasteiger partial charge in [-0.3, -0.25) is 0 Å². The predicted molar refractivity (Wildman–Crippen MR) is 67.5 cm³/mol. The lowest BCUT2D eigenvalue weighted by Crippen LogP contribution is -2.47. The first-order valence-electron chi connectivity index (χ1n) is 6.30. The summed E-state index contributed by atoms with van der Waals surface area (Å²) in [6.45, 7) is 1.87. The van der Waals surface area contributed by atoms with Gasteiger partial charge in [-0.05, 0) is 38.2 Å². The lowest BCUT2D eigenvalue weighted by Gasteiger charge is -2.40. The fourth-order valence-corrected chi connectivity index (χ4v) is 3.28. The molecule has 0 aromatic heterocycles. The molecule has 2 saturated heterocycles. The van der Waals surface area contributed by atoms with E-state index in [0.29, 0.717) is 6.10 Å². The van der Waals surface area contributed by atoms with E-state index < -0.39 is 5.60 Å². The summed E-state index contributed by atoms with van der Waals surface area (Å²) in [5.74, 6) is 0. The van der Waals surface area contributed by atoms with Crippen molar-refractivity contribution in [1.29, 1.82) is 0 Å². The van der Waals surface area contributed by atoms with E-state index >= 15 is 0 Å². The summed E-state index contributed by atoms with van der Waals surface area (Å²) in [5, 5.41) is 10.9. The molecule has 1 atom stereocenters. The first-order chi connectivity index (χ1) is 8.03. The van der Waals surface area contributed by atoms with Gasteiger partial charge in [0.05, 0.1) is 6.10 Å². The zero-order chi connectivity index (χ0) is 12.1. The monoisotopic (exact) mass is 228 g/mol. The quantitative estimate of drug-likeness (QED) is 0.775. The molecule has 1 N–H and O–H groups in total. The Bertz CT molecular complexity index is 416. The van der Waals surface area contributed by atoms with Crippen LogP contribution in [0.3, 0.4) is 0 Å². The third-order valence-electron chi connectivity index (χ3n) is 4.49. The Balaban J connectivity index is 1.97. The molecule has 2 bridgehead atoms. The van der Waals surface area contributed by atoms with Crippen molar-refractivity contribution in [3.8, 4) is 0 Å². The Labute approximate surface area is 103 Å². The maximum absolute atomic E-state index is 10.9. The van der Waals surface area contributed by atoms with Crippen LogP contribution in [0, 0.1) is 0 Å². The van der Waals surface area contributed by atoms with Gasteiger partial charge in [-0.25, -0.2) is 0 Å². The normalized spacial score (nSPS) is 34.8. The van der Waals surface area contributed by atoms with Crippen LogP contribution in [0.15, 0.2) is 24.3 Å². The molecule has 0 spiro atoms. The summed E-state index contributed by atoms with van der Waals surface area (Å²) in [6, 6.07) is 7.47. The van der Waals surface area contributed by atoms with E-state index in [-0.39, 0.29) is 5.60 Å². The maximum Gasteiger partial charge on any atom is 0.116 e. The Morgan fingerprint density at radius 3 is 2.35 bits per heavy atom. The summed E-state index contributed by atoms with van der Waals surface area (Å²) in [7, 11) is 5.68. The van der Waals surface area contributed by atoms with Crippen molar-refractivity contribution < 1.29 is 9.84 Å². The molecule has 0 amide bonds. The molecule has 3 heteroatoms.